The maximum absolute atomic E-state index is 8.73. The summed E-state index contributed by atoms with van der Waals surface area (Å²) in [6.45, 7) is 0. The second-order valence-electron chi connectivity index (χ2n) is 3.70. The van der Waals surface area contributed by atoms with E-state index in [9.17, 15) is 0 Å². The van der Waals surface area contributed by atoms with Crippen molar-refractivity contribution in [3.05, 3.63) is 35.4 Å². The summed E-state index contributed by atoms with van der Waals surface area (Å²) in [6, 6.07) is 9.76. The van der Waals surface area contributed by atoms with Crippen molar-refractivity contribution in [1.29, 1.82) is 5.26 Å². The third-order valence-electron chi connectivity index (χ3n) is 2.81. The van der Waals surface area contributed by atoms with Crippen molar-refractivity contribution in [1.82, 2.24) is 0 Å². The van der Waals surface area contributed by atoms with Crippen LogP contribution in [0.5, 0.6) is 0 Å². The van der Waals surface area contributed by atoms with Crippen molar-refractivity contribution in [3.63, 3.8) is 0 Å². The van der Waals surface area contributed by atoms with E-state index >= 15 is 0 Å². The average molecular weight is 172 g/mol. The lowest BCUT2D eigenvalue weighted by Gasteiger charge is -2.38. The standard InChI is InChI=1S/C11H12N2/c12-8-9-3-1-4-10(7-9)11(13)5-2-6-11/h1,3-4,7H,2,5-6,13H2. The second kappa shape index (κ2) is 2.86. The van der Waals surface area contributed by atoms with Crippen molar-refractivity contribution in [3.8, 4) is 6.07 Å². The van der Waals surface area contributed by atoms with Crippen LogP contribution in [0.1, 0.15) is 30.4 Å². The number of nitrogens with zero attached hydrogens (tertiary/aromatic N) is 1. The molecule has 0 spiro atoms. The van der Waals surface area contributed by atoms with Crippen molar-refractivity contribution in [2.45, 2.75) is 24.8 Å². The zero-order valence-corrected chi connectivity index (χ0v) is 7.46. The van der Waals surface area contributed by atoms with Crippen LogP contribution in [0.3, 0.4) is 0 Å². The molecule has 0 radical (unpaired) electrons. The van der Waals surface area contributed by atoms with Crippen molar-refractivity contribution < 1.29 is 0 Å². The van der Waals surface area contributed by atoms with Gasteiger partial charge in [-0.25, -0.2) is 0 Å². The van der Waals surface area contributed by atoms with E-state index in [1.165, 1.54) is 6.42 Å². The van der Waals surface area contributed by atoms with Gasteiger partial charge in [0.2, 0.25) is 0 Å². The van der Waals surface area contributed by atoms with Crippen LogP contribution in [0.15, 0.2) is 24.3 Å². The summed E-state index contributed by atoms with van der Waals surface area (Å²) >= 11 is 0. The van der Waals surface area contributed by atoms with E-state index in [1.54, 1.807) is 0 Å². The highest BCUT2D eigenvalue weighted by atomic mass is 14.8. The highest BCUT2D eigenvalue weighted by Crippen LogP contribution is 2.38. The van der Waals surface area contributed by atoms with Gasteiger partial charge in [-0.15, -0.1) is 0 Å². The van der Waals surface area contributed by atoms with Gasteiger partial charge in [-0.2, -0.15) is 5.26 Å². The molecule has 0 bridgehead atoms. The van der Waals surface area contributed by atoms with E-state index in [2.05, 4.69) is 6.07 Å². The molecule has 2 heteroatoms. The Kier molecular flexibility index (Phi) is 1.82. The normalized spacial score (nSPS) is 18.8. The first kappa shape index (κ1) is 8.28. The van der Waals surface area contributed by atoms with Crippen LogP contribution >= 0.6 is 0 Å². The molecule has 1 aromatic carbocycles. The second-order valence-corrected chi connectivity index (χ2v) is 3.70. The molecule has 0 amide bonds. The lowest BCUT2D eigenvalue weighted by Crippen LogP contribution is -2.43. The largest absolute Gasteiger partial charge is 0.321 e. The fourth-order valence-electron chi connectivity index (χ4n) is 1.74. The van der Waals surface area contributed by atoms with Gasteiger partial charge in [0.05, 0.1) is 11.6 Å². The summed E-state index contributed by atoms with van der Waals surface area (Å²) < 4.78 is 0. The molecule has 2 N–H and O–H groups in total. The Morgan fingerprint density at radius 3 is 2.69 bits per heavy atom. The first-order chi connectivity index (χ1) is 6.24. The molecular formula is C11H12N2. The average Bonchev–Trinajstić information content (AvgIpc) is 2.14. The molecule has 2 nitrogen and oxygen atoms in total. The molecule has 66 valence electrons. The number of nitriles is 1. The van der Waals surface area contributed by atoms with Gasteiger partial charge in [0, 0.05) is 5.54 Å². The highest BCUT2D eigenvalue weighted by molar-refractivity contribution is 5.37. The minimum absolute atomic E-state index is 0.146. The summed E-state index contributed by atoms with van der Waals surface area (Å²) in [5.74, 6) is 0. The van der Waals surface area contributed by atoms with Crippen LogP contribution in [-0.4, -0.2) is 0 Å². The Bertz CT molecular complexity index is 359. The summed E-state index contributed by atoms with van der Waals surface area (Å²) in [6.07, 6.45) is 3.29. The zero-order valence-electron chi connectivity index (χ0n) is 7.46. The Labute approximate surface area is 78.0 Å². The van der Waals surface area contributed by atoms with Gasteiger partial charge in [-0.05, 0) is 37.0 Å². The van der Waals surface area contributed by atoms with E-state index in [0.717, 1.165) is 18.4 Å². The quantitative estimate of drug-likeness (QED) is 0.703. The SMILES string of the molecule is N#Cc1cccc(C2(N)CCC2)c1. The third kappa shape index (κ3) is 1.32. The van der Waals surface area contributed by atoms with Crippen LogP contribution in [0.2, 0.25) is 0 Å². The molecule has 1 aliphatic rings. The fraction of sp³-hybridized carbons (Fsp3) is 0.364. The minimum atomic E-state index is -0.146. The molecular weight excluding hydrogens is 160 g/mol. The topological polar surface area (TPSA) is 49.8 Å². The number of benzene rings is 1. The van der Waals surface area contributed by atoms with E-state index in [0.29, 0.717) is 5.56 Å². The summed E-state index contributed by atoms with van der Waals surface area (Å²) in [5.41, 5.74) is 7.80. The van der Waals surface area contributed by atoms with Crippen LogP contribution in [0, 0.1) is 11.3 Å². The van der Waals surface area contributed by atoms with Crippen LogP contribution in [0.25, 0.3) is 0 Å². The van der Waals surface area contributed by atoms with Gasteiger partial charge in [0.15, 0.2) is 0 Å². The first-order valence-electron chi connectivity index (χ1n) is 4.54. The van der Waals surface area contributed by atoms with E-state index in [1.807, 2.05) is 24.3 Å². The van der Waals surface area contributed by atoms with Gasteiger partial charge in [-0.3, -0.25) is 0 Å². The van der Waals surface area contributed by atoms with Crippen LogP contribution in [0.4, 0.5) is 0 Å². The molecule has 0 heterocycles. The van der Waals surface area contributed by atoms with Gasteiger partial charge in [-0.1, -0.05) is 12.1 Å². The third-order valence-corrected chi connectivity index (χ3v) is 2.81. The molecule has 1 aliphatic carbocycles. The predicted molar refractivity (Wildman–Crippen MR) is 50.9 cm³/mol. The molecule has 2 rings (SSSR count). The number of hydrogen-bond acceptors (Lipinski definition) is 2. The first-order valence-corrected chi connectivity index (χ1v) is 4.54. The summed E-state index contributed by atoms with van der Waals surface area (Å²) in [7, 11) is 0. The molecule has 0 saturated heterocycles. The van der Waals surface area contributed by atoms with Gasteiger partial charge in [0.1, 0.15) is 0 Å². The van der Waals surface area contributed by atoms with Crippen molar-refractivity contribution in [2.24, 2.45) is 5.73 Å². The van der Waals surface area contributed by atoms with E-state index in [4.69, 9.17) is 11.0 Å². The molecule has 0 aliphatic heterocycles. The zero-order chi connectivity index (χ0) is 9.31. The Morgan fingerprint density at radius 1 is 1.38 bits per heavy atom. The number of rotatable bonds is 1. The Morgan fingerprint density at radius 2 is 2.15 bits per heavy atom. The predicted octanol–water partition coefficient (Wildman–Crippen LogP) is 1.90. The number of hydrogen-bond donors (Lipinski definition) is 1. The van der Waals surface area contributed by atoms with Crippen LogP contribution in [-0.2, 0) is 5.54 Å². The monoisotopic (exact) mass is 172 g/mol. The Balaban J connectivity index is 2.36. The van der Waals surface area contributed by atoms with Gasteiger partial charge >= 0.3 is 0 Å². The smallest absolute Gasteiger partial charge is 0.0991 e. The lowest BCUT2D eigenvalue weighted by atomic mass is 9.72. The molecule has 13 heavy (non-hydrogen) atoms. The lowest BCUT2D eigenvalue weighted by molar-refractivity contribution is 0.253. The van der Waals surface area contributed by atoms with Crippen LogP contribution < -0.4 is 5.73 Å². The highest BCUT2D eigenvalue weighted by Gasteiger charge is 2.34. The van der Waals surface area contributed by atoms with Crippen molar-refractivity contribution in [2.75, 3.05) is 0 Å². The Hall–Kier alpha value is -1.33. The summed E-state index contributed by atoms with van der Waals surface area (Å²) in [4.78, 5) is 0. The van der Waals surface area contributed by atoms with E-state index in [-0.39, 0.29) is 5.54 Å². The molecule has 0 unspecified atom stereocenters. The number of nitrogens with two attached hydrogens (primary N) is 1. The minimum Gasteiger partial charge on any atom is -0.321 e. The van der Waals surface area contributed by atoms with Gasteiger partial charge < -0.3 is 5.73 Å². The molecule has 1 saturated carbocycles. The molecule has 1 fully saturated rings. The molecule has 0 atom stereocenters. The molecule has 0 aromatic heterocycles. The van der Waals surface area contributed by atoms with Gasteiger partial charge in [0.25, 0.3) is 0 Å². The maximum Gasteiger partial charge on any atom is 0.0991 e. The maximum atomic E-state index is 8.73. The molecule has 1 aromatic rings. The van der Waals surface area contributed by atoms with Crippen molar-refractivity contribution >= 4 is 0 Å². The van der Waals surface area contributed by atoms with E-state index < -0.39 is 0 Å². The fourth-order valence-corrected chi connectivity index (χ4v) is 1.74. The summed E-state index contributed by atoms with van der Waals surface area (Å²) in [5, 5.41) is 8.73.